The van der Waals surface area contributed by atoms with E-state index in [-0.39, 0.29) is 12.2 Å². The van der Waals surface area contributed by atoms with E-state index < -0.39 is 11.7 Å². The molecular weight excluding hydrogens is 317 g/mol. The van der Waals surface area contributed by atoms with Crippen molar-refractivity contribution in [1.82, 2.24) is 19.1 Å². The van der Waals surface area contributed by atoms with E-state index in [2.05, 4.69) is 10.4 Å². The van der Waals surface area contributed by atoms with Crippen LogP contribution in [-0.4, -0.2) is 25.0 Å². The number of nitrogens with zero attached hydrogens (tertiary/aromatic N) is 4. The van der Waals surface area contributed by atoms with Crippen molar-refractivity contribution in [3.63, 3.8) is 0 Å². The predicted octanol–water partition coefficient (Wildman–Crippen LogP) is 2.61. The van der Waals surface area contributed by atoms with E-state index >= 15 is 0 Å². The maximum Gasteiger partial charge on any atom is 0.246 e. The molecule has 0 radical (unpaired) electrons. The third-order valence-electron chi connectivity index (χ3n) is 3.23. The van der Waals surface area contributed by atoms with Gasteiger partial charge in [-0.3, -0.25) is 9.47 Å². The number of amides is 1. The minimum Gasteiger partial charge on any atom is -0.322 e. The summed E-state index contributed by atoms with van der Waals surface area (Å²) < 4.78 is 18.8. The number of benzene rings is 1. The van der Waals surface area contributed by atoms with Crippen LogP contribution in [0, 0.1) is 17.5 Å². The molecule has 23 heavy (non-hydrogen) atoms. The average Bonchev–Trinajstić information content (AvgIpc) is 3.11. The molecule has 0 fully saturated rings. The van der Waals surface area contributed by atoms with Crippen LogP contribution >= 0.6 is 12.2 Å². The van der Waals surface area contributed by atoms with Crippen LogP contribution in [-0.2, 0) is 11.3 Å². The summed E-state index contributed by atoms with van der Waals surface area (Å²) in [6, 6.07) is 9.72. The Morgan fingerprint density at radius 3 is 2.65 bits per heavy atom. The van der Waals surface area contributed by atoms with Gasteiger partial charge in [0.25, 0.3) is 0 Å². The van der Waals surface area contributed by atoms with E-state index in [4.69, 9.17) is 12.2 Å². The van der Waals surface area contributed by atoms with Crippen LogP contribution in [0.15, 0.2) is 48.8 Å². The highest BCUT2D eigenvalue weighted by Crippen LogP contribution is 2.12. The number of aromatic nitrogens is 4. The van der Waals surface area contributed by atoms with Gasteiger partial charge in [0.15, 0.2) is 0 Å². The summed E-state index contributed by atoms with van der Waals surface area (Å²) >= 11 is 5.36. The molecular formula is C15H14FN5OS. The summed E-state index contributed by atoms with van der Waals surface area (Å²) in [4.78, 5) is 12.1. The molecule has 0 unspecified atom stereocenters. The summed E-state index contributed by atoms with van der Waals surface area (Å²) in [6.07, 6.45) is 3.66. The van der Waals surface area contributed by atoms with Crippen molar-refractivity contribution >= 4 is 23.8 Å². The number of carbonyl (C=O) groups excluding carboxylic acids is 1. The van der Waals surface area contributed by atoms with Gasteiger partial charge in [0, 0.05) is 12.4 Å². The molecule has 0 aliphatic heterocycles. The predicted molar refractivity (Wildman–Crippen MR) is 86.0 cm³/mol. The van der Waals surface area contributed by atoms with Crippen LogP contribution in [0.1, 0.15) is 5.82 Å². The van der Waals surface area contributed by atoms with Crippen molar-refractivity contribution in [1.29, 1.82) is 0 Å². The van der Waals surface area contributed by atoms with Crippen molar-refractivity contribution < 1.29 is 9.18 Å². The molecule has 0 saturated heterocycles. The number of rotatable bonds is 4. The Labute approximate surface area is 136 Å². The number of anilines is 1. The van der Waals surface area contributed by atoms with Crippen molar-refractivity contribution in [2.75, 3.05) is 5.32 Å². The van der Waals surface area contributed by atoms with Crippen LogP contribution in [0.25, 0.3) is 0 Å². The van der Waals surface area contributed by atoms with Gasteiger partial charge in [-0.2, -0.15) is 5.10 Å². The topological polar surface area (TPSA) is 56.8 Å². The Hall–Kier alpha value is -2.74. The Bertz CT molecular complexity index is 897. The van der Waals surface area contributed by atoms with Crippen molar-refractivity contribution in [2.45, 2.75) is 13.5 Å². The highest BCUT2D eigenvalue weighted by molar-refractivity contribution is 7.71. The number of nitrogens with one attached hydrogen (secondary N) is 1. The zero-order chi connectivity index (χ0) is 16.4. The maximum absolute atomic E-state index is 13.6. The number of halogens is 1. The van der Waals surface area contributed by atoms with Crippen molar-refractivity contribution in [2.24, 2.45) is 0 Å². The molecule has 0 aliphatic rings. The average molecular weight is 331 g/mol. The van der Waals surface area contributed by atoms with Gasteiger partial charge in [0.1, 0.15) is 18.2 Å². The Kier molecular flexibility index (Phi) is 4.07. The highest BCUT2D eigenvalue weighted by Gasteiger charge is 2.12. The summed E-state index contributed by atoms with van der Waals surface area (Å²) in [6.45, 7) is 1.70. The fraction of sp³-hybridized carbons (Fsp3) is 0.133. The molecule has 1 aromatic carbocycles. The molecule has 1 N–H and O–H groups in total. The molecule has 2 heterocycles. The summed E-state index contributed by atoms with van der Waals surface area (Å²) in [5.74, 6) is -0.244. The zero-order valence-electron chi connectivity index (χ0n) is 12.3. The third kappa shape index (κ3) is 3.07. The SMILES string of the molecule is Cc1nn(CC(=O)Nc2ccccc2F)c(=S)n1-n1cccc1. The monoisotopic (exact) mass is 331 g/mol. The lowest BCUT2D eigenvalue weighted by Gasteiger charge is -2.06. The second-order valence-electron chi connectivity index (χ2n) is 4.89. The standard InChI is InChI=1S/C15H14FN5OS/c1-11-18-20(15(23)21(11)19-8-4-5-9-19)10-14(22)17-13-7-3-2-6-12(13)16/h2-9H,10H2,1H3,(H,17,22). The molecule has 0 bridgehead atoms. The van der Waals surface area contributed by atoms with Gasteiger partial charge in [-0.15, -0.1) is 0 Å². The Morgan fingerprint density at radius 1 is 1.26 bits per heavy atom. The maximum atomic E-state index is 13.6. The van der Waals surface area contributed by atoms with Crippen molar-refractivity contribution in [3.8, 4) is 0 Å². The minimum absolute atomic E-state index is 0.0950. The van der Waals surface area contributed by atoms with Crippen LogP contribution in [0.4, 0.5) is 10.1 Å². The van der Waals surface area contributed by atoms with E-state index in [9.17, 15) is 9.18 Å². The fourth-order valence-corrected chi connectivity index (χ4v) is 2.56. The van der Waals surface area contributed by atoms with Crippen LogP contribution in [0.3, 0.4) is 0 Å². The van der Waals surface area contributed by atoms with E-state index in [1.807, 2.05) is 24.5 Å². The Morgan fingerprint density at radius 2 is 1.96 bits per heavy atom. The van der Waals surface area contributed by atoms with Gasteiger partial charge in [0.2, 0.25) is 10.7 Å². The van der Waals surface area contributed by atoms with E-state index in [1.54, 1.807) is 28.4 Å². The molecule has 0 atom stereocenters. The lowest BCUT2D eigenvalue weighted by atomic mass is 10.3. The fourth-order valence-electron chi connectivity index (χ4n) is 2.22. The molecule has 2 aromatic heterocycles. The first-order chi connectivity index (χ1) is 11.1. The largest absolute Gasteiger partial charge is 0.322 e. The van der Waals surface area contributed by atoms with Gasteiger partial charge >= 0.3 is 0 Å². The number of aryl methyl sites for hydroxylation is 1. The lowest BCUT2D eigenvalue weighted by molar-refractivity contribution is -0.117. The number of para-hydroxylation sites is 1. The summed E-state index contributed by atoms with van der Waals surface area (Å²) in [7, 11) is 0. The van der Waals surface area contributed by atoms with E-state index in [1.165, 1.54) is 16.8 Å². The second-order valence-corrected chi connectivity index (χ2v) is 5.26. The molecule has 8 heteroatoms. The molecule has 118 valence electrons. The molecule has 0 saturated carbocycles. The smallest absolute Gasteiger partial charge is 0.246 e. The first-order valence-corrected chi connectivity index (χ1v) is 7.31. The third-order valence-corrected chi connectivity index (χ3v) is 3.62. The molecule has 6 nitrogen and oxygen atoms in total. The molecule has 3 rings (SSSR count). The van der Waals surface area contributed by atoms with Crippen LogP contribution in [0.5, 0.6) is 0 Å². The first kappa shape index (κ1) is 15.2. The number of hydrogen-bond donors (Lipinski definition) is 1. The van der Waals surface area contributed by atoms with Crippen molar-refractivity contribution in [3.05, 3.63) is 65.2 Å². The molecule has 3 aromatic rings. The summed E-state index contributed by atoms with van der Waals surface area (Å²) in [5, 5.41) is 6.78. The number of hydrogen-bond acceptors (Lipinski definition) is 3. The normalized spacial score (nSPS) is 10.7. The Balaban J connectivity index is 1.81. The second kappa shape index (κ2) is 6.17. The zero-order valence-corrected chi connectivity index (χ0v) is 13.1. The van der Waals surface area contributed by atoms with Crippen LogP contribution in [0.2, 0.25) is 0 Å². The molecule has 0 aliphatic carbocycles. The first-order valence-electron chi connectivity index (χ1n) is 6.91. The van der Waals surface area contributed by atoms with Gasteiger partial charge in [-0.05, 0) is 43.4 Å². The lowest BCUT2D eigenvalue weighted by Crippen LogP contribution is -2.20. The molecule has 1 amide bonds. The quantitative estimate of drug-likeness (QED) is 0.748. The van der Waals surface area contributed by atoms with Gasteiger partial charge in [-0.1, -0.05) is 12.1 Å². The number of carbonyl (C=O) groups is 1. The van der Waals surface area contributed by atoms with Gasteiger partial charge < -0.3 is 5.32 Å². The molecule has 0 spiro atoms. The van der Waals surface area contributed by atoms with Crippen LogP contribution < -0.4 is 5.32 Å². The van der Waals surface area contributed by atoms with Gasteiger partial charge in [0.05, 0.1) is 5.69 Å². The minimum atomic E-state index is -0.488. The van der Waals surface area contributed by atoms with E-state index in [0.717, 1.165) is 0 Å². The highest BCUT2D eigenvalue weighted by atomic mass is 32.1. The van der Waals surface area contributed by atoms with Gasteiger partial charge in [-0.25, -0.2) is 13.7 Å². The summed E-state index contributed by atoms with van der Waals surface area (Å²) in [5.41, 5.74) is 0.130. The van der Waals surface area contributed by atoms with E-state index in [0.29, 0.717) is 10.6 Å².